The molecule has 0 aliphatic rings. The summed E-state index contributed by atoms with van der Waals surface area (Å²) in [7, 11) is 0. The third-order valence-electron chi connectivity index (χ3n) is 3.00. The average molecular weight is 291 g/mol. The summed E-state index contributed by atoms with van der Waals surface area (Å²) < 4.78 is 6.87. The van der Waals surface area contributed by atoms with Crippen molar-refractivity contribution in [1.29, 1.82) is 0 Å². The maximum atomic E-state index is 10.6. The molecule has 1 heterocycles. The van der Waals surface area contributed by atoms with Crippen molar-refractivity contribution in [2.45, 2.75) is 26.5 Å². The largest absolute Gasteiger partial charge is 0.491 e. The number of aliphatic hydroxyl groups excluding tert-OH is 1. The Labute approximate surface area is 121 Å². The highest BCUT2D eigenvalue weighted by Crippen LogP contribution is 2.13. The van der Waals surface area contributed by atoms with Crippen molar-refractivity contribution in [2.24, 2.45) is 0 Å². The Morgan fingerprint density at radius 3 is 2.62 bits per heavy atom. The summed E-state index contributed by atoms with van der Waals surface area (Å²) >= 11 is 0. The first-order valence-corrected chi connectivity index (χ1v) is 6.52. The fourth-order valence-electron chi connectivity index (χ4n) is 1.85. The first-order valence-electron chi connectivity index (χ1n) is 6.52. The van der Waals surface area contributed by atoms with Gasteiger partial charge in [0.05, 0.1) is 23.4 Å². The van der Waals surface area contributed by atoms with E-state index in [1.807, 2.05) is 31.2 Å². The maximum Gasteiger partial charge on any atom is 0.390 e. The maximum absolute atomic E-state index is 10.6. The zero-order valence-electron chi connectivity index (χ0n) is 11.9. The summed E-state index contributed by atoms with van der Waals surface area (Å²) in [5.41, 5.74) is 1.75. The van der Waals surface area contributed by atoms with Crippen LogP contribution in [0.25, 0.3) is 0 Å². The van der Waals surface area contributed by atoms with Crippen LogP contribution in [0.2, 0.25) is 0 Å². The van der Waals surface area contributed by atoms with Gasteiger partial charge >= 0.3 is 5.82 Å². The number of aliphatic hydroxyl groups is 1. The monoisotopic (exact) mass is 291 g/mol. The number of hydrogen-bond acceptors (Lipinski definition) is 5. The molecule has 0 saturated carbocycles. The Morgan fingerprint density at radius 2 is 2.05 bits per heavy atom. The third-order valence-corrected chi connectivity index (χ3v) is 3.00. The van der Waals surface area contributed by atoms with Crippen LogP contribution in [0.4, 0.5) is 5.82 Å². The molecule has 112 valence electrons. The molecule has 1 atom stereocenters. The summed E-state index contributed by atoms with van der Waals surface area (Å²) in [5, 5.41) is 24.4. The van der Waals surface area contributed by atoms with Crippen molar-refractivity contribution >= 4 is 5.82 Å². The van der Waals surface area contributed by atoms with Gasteiger partial charge in [-0.25, -0.2) is 0 Å². The van der Waals surface area contributed by atoms with Gasteiger partial charge in [0.25, 0.3) is 0 Å². The number of hydrogen-bond donors (Lipinski definition) is 1. The zero-order valence-corrected chi connectivity index (χ0v) is 11.9. The molecular weight excluding hydrogens is 274 g/mol. The van der Waals surface area contributed by atoms with Crippen molar-refractivity contribution in [3.05, 3.63) is 51.7 Å². The second-order valence-electron chi connectivity index (χ2n) is 4.86. The molecule has 1 aromatic heterocycles. The molecule has 0 aliphatic carbocycles. The number of aryl methyl sites for hydroxylation is 2. The van der Waals surface area contributed by atoms with Crippen LogP contribution in [-0.2, 0) is 6.54 Å². The van der Waals surface area contributed by atoms with E-state index in [0.717, 1.165) is 5.56 Å². The molecule has 0 fully saturated rings. The van der Waals surface area contributed by atoms with E-state index in [1.54, 1.807) is 6.92 Å². The molecule has 21 heavy (non-hydrogen) atoms. The van der Waals surface area contributed by atoms with E-state index in [9.17, 15) is 15.2 Å². The Hall–Kier alpha value is -2.41. The topological polar surface area (TPSA) is 90.4 Å². The van der Waals surface area contributed by atoms with Crippen LogP contribution in [0.15, 0.2) is 30.3 Å². The van der Waals surface area contributed by atoms with Crippen molar-refractivity contribution in [1.82, 2.24) is 9.78 Å². The predicted molar refractivity (Wildman–Crippen MR) is 76.3 cm³/mol. The zero-order chi connectivity index (χ0) is 15.4. The van der Waals surface area contributed by atoms with Crippen LogP contribution in [0.5, 0.6) is 5.75 Å². The van der Waals surface area contributed by atoms with Gasteiger partial charge in [0.15, 0.2) is 0 Å². The lowest BCUT2D eigenvalue weighted by atomic mass is 10.2. The molecule has 0 amide bonds. The highest BCUT2D eigenvalue weighted by atomic mass is 16.6. The third kappa shape index (κ3) is 4.03. The highest BCUT2D eigenvalue weighted by Gasteiger charge is 2.18. The predicted octanol–water partition coefficient (Wildman–Crippen LogP) is 1.85. The molecular formula is C14H17N3O4. The molecule has 1 aromatic carbocycles. The van der Waals surface area contributed by atoms with E-state index in [-0.39, 0.29) is 19.0 Å². The molecule has 0 saturated heterocycles. The molecule has 2 rings (SSSR count). The number of benzene rings is 1. The van der Waals surface area contributed by atoms with Crippen LogP contribution in [0.3, 0.4) is 0 Å². The molecule has 1 N–H and O–H groups in total. The Balaban J connectivity index is 1.91. The molecule has 7 nitrogen and oxygen atoms in total. The lowest BCUT2D eigenvalue weighted by Gasteiger charge is -2.11. The molecule has 0 aliphatic heterocycles. The molecule has 7 heteroatoms. The minimum atomic E-state index is -0.801. The van der Waals surface area contributed by atoms with Gasteiger partial charge in [-0.05, 0) is 30.9 Å². The van der Waals surface area contributed by atoms with E-state index in [1.165, 1.54) is 10.7 Å². The summed E-state index contributed by atoms with van der Waals surface area (Å²) in [5.74, 6) is 0.446. The van der Waals surface area contributed by atoms with Gasteiger partial charge in [-0.3, -0.25) is 0 Å². The van der Waals surface area contributed by atoms with E-state index < -0.39 is 11.0 Å². The Morgan fingerprint density at radius 1 is 1.38 bits per heavy atom. The molecule has 1 unspecified atom stereocenters. The number of ether oxygens (including phenoxy) is 1. The normalized spacial score (nSPS) is 12.1. The first-order chi connectivity index (χ1) is 9.95. The average Bonchev–Trinajstić information content (AvgIpc) is 2.80. The summed E-state index contributed by atoms with van der Waals surface area (Å²) in [4.78, 5) is 10.1. The van der Waals surface area contributed by atoms with Gasteiger partial charge in [0.1, 0.15) is 18.5 Å². The van der Waals surface area contributed by atoms with E-state index in [0.29, 0.717) is 11.4 Å². The molecule has 2 aromatic rings. The standard InChI is InChI=1S/C14H17N3O4/c1-10-3-5-13(6-4-10)21-9-12(18)8-16-11(2)7-14(15-16)17(19)20/h3-7,12,18H,8-9H2,1-2H3. The minimum absolute atomic E-state index is 0.0934. The van der Waals surface area contributed by atoms with Crippen molar-refractivity contribution in [3.8, 4) is 5.75 Å². The van der Waals surface area contributed by atoms with Gasteiger partial charge in [-0.15, -0.1) is 0 Å². The minimum Gasteiger partial charge on any atom is -0.491 e. The fourth-order valence-corrected chi connectivity index (χ4v) is 1.85. The second-order valence-corrected chi connectivity index (χ2v) is 4.86. The van der Waals surface area contributed by atoms with Crippen LogP contribution in [0.1, 0.15) is 11.3 Å². The van der Waals surface area contributed by atoms with Gasteiger partial charge in [-0.1, -0.05) is 17.7 Å². The van der Waals surface area contributed by atoms with Gasteiger partial charge in [0, 0.05) is 0 Å². The summed E-state index contributed by atoms with van der Waals surface area (Å²) in [6, 6.07) is 8.86. The van der Waals surface area contributed by atoms with E-state index in [4.69, 9.17) is 4.74 Å². The number of aromatic nitrogens is 2. The van der Waals surface area contributed by atoms with Crippen molar-refractivity contribution in [2.75, 3.05) is 6.61 Å². The van der Waals surface area contributed by atoms with E-state index in [2.05, 4.69) is 5.10 Å². The molecule has 0 spiro atoms. The lowest BCUT2D eigenvalue weighted by molar-refractivity contribution is -0.389. The van der Waals surface area contributed by atoms with E-state index >= 15 is 0 Å². The fraction of sp³-hybridized carbons (Fsp3) is 0.357. The summed E-state index contributed by atoms with van der Waals surface area (Å²) in [6.45, 7) is 3.92. The second kappa shape index (κ2) is 6.36. The van der Waals surface area contributed by atoms with Crippen LogP contribution < -0.4 is 4.74 Å². The molecule has 0 radical (unpaired) electrons. The smallest absolute Gasteiger partial charge is 0.390 e. The van der Waals surface area contributed by atoms with Crippen molar-refractivity contribution in [3.63, 3.8) is 0 Å². The summed E-state index contributed by atoms with van der Waals surface area (Å²) in [6.07, 6.45) is -0.801. The number of nitro groups is 1. The van der Waals surface area contributed by atoms with Gasteiger partial charge < -0.3 is 20.0 Å². The van der Waals surface area contributed by atoms with Crippen LogP contribution in [0, 0.1) is 24.0 Å². The van der Waals surface area contributed by atoms with Gasteiger partial charge in [0.2, 0.25) is 0 Å². The van der Waals surface area contributed by atoms with Crippen molar-refractivity contribution < 1.29 is 14.8 Å². The SMILES string of the molecule is Cc1ccc(OCC(O)Cn2nc([N+](=O)[O-])cc2C)cc1. The first kappa shape index (κ1) is 15.0. The Kier molecular flexibility index (Phi) is 4.54. The quantitative estimate of drug-likeness (QED) is 0.648. The van der Waals surface area contributed by atoms with Gasteiger partial charge in [-0.2, -0.15) is 4.68 Å². The lowest BCUT2D eigenvalue weighted by Crippen LogP contribution is -2.24. The molecule has 0 bridgehead atoms. The Bertz CT molecular complexity index is 622. The highest BCUT2D eigenvalue weighted by molar-refractivity contribution is 5.26. The number of nitrogens with zero attached hydrogens (tertiary/aromatic N) is 3. The number of rotatable bonds is 6. The van der Waals surface area contributed by atoms with Crippen LogP contribution in [-0.4, -0.2) is 32.5 Å². The van der Waals surface area contributed by atoms with Crippen LogP contribution >= 0.6 is 0 Å².